The highest BCUT2D eigenvalue weighted by molar-refractivity contribution is 5.30. The summed E-state index contributed by atoms with van der Waals surface area (Å²) in [6, 6.07) is 8.45. The average Bonchev–Trinajstić information content (AvgIpc) is 2.26. The predicted molar refractivity (Wildman–Crippen MR) is 75.6 cm³/mol. The van der Waals surface area contributed by atoms with E-state index in [2.05, 4.69) is 45.0 Å². The van der Waals surface area contributed by atoms with Crippen molar-refractivity contribution < 1.29 is 10.2 Å². The van der Waals surface area contributed by atoms with E-state index in [1.54, 1.807) is 0 Å². The van der Waals surface area contributed by atoms with Crippen LogP contribution in [0, 0.1) is 5.41 Å². The number of hydrogen-bond acceptors (Lipinski definition) is 2. The molecule has 1 aromatic rings. The van der Waals surface area contributed by atoms with E-state index in [0.717, 1.165) is 5.56 Å². The SMILES string of the molecule is CC(c1ccc(C(C)(C)C)cc1)C(C)(C)C(O)O. The smallest absolute Gasteiger partial charge is 0.157 e. The molecule has 0 aromatic heterocycles. The van der Waals surface area contributed by atoms with Crippen molar-refractivity contribution in [2.45, 2.75) is 59.2 Å². The highest BCUT2D eigenvalue weighted by Crippen LogP contribution is 2.37. The highest BCUT2D eigenvalue weighted by atomic mass is 16.5. The standard InChI is InChI=1S/C16H26O2/c1-11(16(5,6)14(17)18)12-7-9-13(10-8-12)15(2,3)4/h7-11,14,17-18H,1-6H3. The lowest BCUT2D eigenvalue weighted by atomic mass is 9.75. The van der Waals surface area contributed by atoms with Crippen LogP contribution in [-0.4, -0.2) is 16.5 Å². The van der Waals surface area contributed by atoms with E-state index in [9.17, 15) is 10.2 Å². The number of benzene rings is 1. The van der Waals surface area contributed by atoms with E-state index >= 15 is 0 Å². The zero-order valence-electron chi connectivity index (χ0n) is 12.4. The molecule has 1 atom stereocenters. The Kier molecular flexibility index (Phi) is 4.24. The van der Waals surface area contributed by atoms with Gasteiger partial charge in [-0.1, -0.05) is 65.8 Å². The Hall–Kier alpha value is -0.860. The number of rotatable bonds is 3. The number of aliphatic hydroxyl groups is 2. The first kappa shape index (κ1) is 15.2. The lowest BCUT2D eigenvalue weighted by molar-refractivity contribution is -0.129. The van der Waals surface area contributed by atoms with Gasteiger partial charge in [-0.3, -0.25) is 0 Å². The monoisotopic (exact) mass is 250 g/mol. The van der Waals surface area contributed by atoms with Gasteiger partial charge in [0.05, 0.1) is 0 Å². The molecule has 102 valence electrons. The summed E-state index contributed by atoms with van der Waals surface area (Å²) in [5.74, 6) is 0.0894. The van der Waals surface area contributed by atoms with Crippen molar-refractivity contribution in [1.29, 1.82) is 0 Å². The van der Waals surface area contributed by atoms with Crippen LogP contribution in [0.4, 0.5) is 0 Å². The summed E-state index contributed by atoms with van der Waals surface area (Å²) in [7, 11) is 0. The fraction of sp³-hybridized carbons (Fsp3) is 0.625. The van der Waals surface area contributed by atoms with Crippen molar-refractivity contribution in [3.8, 4) is 0 Å². The molecule has 0 spiro atoms. The quantitative estimate of drug-likeness (QED) is 0.807. The second kappa shape index (κ2) is 5.02. The van der Waals surface area contributed by atoms with Gasteiger partial charge in [0.1, 0.15) is 0 Å². The van der Waals surface area contributed by atoms with Crippen LogP contribution in [0.1, 0.15) is 58.6 Å². The molecule has 2 heteroatoms. The Labute approximate surface area is 111 Å². The van der Waals surface area contributed by atoms with Crippen molar-refractivity contribution in [3.05, 3.63) is 35.4 Å². The van der Waals surface area contributed by atoms with Crippen molar-refractivity contribution in [1.82, 2.24) is 0 Å². The average molecular weight is 250 g/mol. The Morgan fingerprint density at radius 3 is 1.67 bits per heavy atom. The van der Waals surface area contributed by atoms with E-state index in [-0.39, 0.29) is 11.3 Å². The van der Waals surface area contributed by atoms with Gasteiger partial charge in [0.25, 0.3) is 0 Å². The molecule has 0 amide bonds. The Balaban J connectivity index is 2.99. The molecule has 18 heavy (non-hydrogen) atoms. The lowest BCUT2D eigenvalue weighted by Crippen LogP contribution is -2.34. The van der Waals surface area contributed by atoms with Gasteiger partial charge in [-0.05, 0) is 22.5 Å². The summed E-state index contributed by atoms with van der Waals surface area (Å²) >= 11 is 0. The van der Waals surface area contributed by atoms with Gasteiger partial charge in [-0.25, -0.2) is 0 Å². The van der Waals surface area contributed by atoms with Crippen LogP contribution < -0.4 is 0 Å². The topological polar surface area (TPSA) is 40.5 Å². The van der Waals surface area contributed by atoms with E-state index in [1.807, 2.05) is 20.8 Å². The Bertz CT molecular complexity index is 383. The van der Waals surface area contributed by atoms with Crippen LogP contribution in [0.3, 0.4) is 0 Å². The van der Waals surface area contributed by atoms with Crippen LogP contribution in [0.25, 0.3) is 0 Å². The fourth-order valence-corrected chi connectivity index (χ4v) is 1.92. The summed E-state index contributed by atoms with van der Waals surface area (Å²) in [5, 5.41) is 18.9. The molecule has 2 nitrogen and oxygen atoms in total. The molecule has 0 fully saturated rings. The minimum Gasteiger partial charge on any atom is -0.368 e. The van der Waals surface area contributed by atoms with Crippen molar-refractivity contribution >= 4 is 0 Å². The molecule has 1 unspecified atom stereocenters. The van der Waals surface area contributed by atoms with Crippen LogP contribution in [0.2, 0.25) is 0 Å². The largest absolute Gasteiger partial charge is 0.368 e. The van der Waals surface area contributed by atoms with Crippen LogP contribution >= 0.6 is 0 Å². The molecule has 0 saturated heterocycles. The van der Waals surface area contributed by atoms with E-state index in [1.165, 1.54) is 5.56 Å². The maximum absolute atomic E-state index is 9.45. The molecular formula is C16H26O2. The Morgan fingerprint density at radius 1 is 0.889 bits per heavy atom. The third-order valence-electron chi connectivity index (χ3n) is 4.06. The summed E-state index contributed by atoms with van der Waals surface area (Å²) in [6.07, 6.45) is -1.31. The minimum atomic E-state index is -1.31. The molecule has 0 aliphatic heterocycles. The van der Waals surface area contributed by atoms with E-state index < -0.39 is 11.7 Å². The van der Waals surface area contributed by atoms with E-state index in [4.69, 9.17) is 0 Å². The summed E-state index contributed by atoms with van der Waals surface area (Å²) in [6.45, 7) is 12.3. The molecule has 0 saturated carbocycles. The zero-order valence-corrected chi connectivity index (χ0v) is 12.4. The van der Waals surface area contributed by atoms with Crippen LogP contribution in [0.5, 0.6) is 0 Å². The normalized spacial score (nSPS) is 14.9. The molecule has 0 aliphatic rings. The van der Waals surface area contributed by atoms with Crippen LogP contribution in [-0.2, 0) is 5.41 Å². The maximum atomic E-state index is 9.45. The molecule has 1 aromatic carbocycles. The number of hydrogen-bond donors (Lipinski definition) is 2. The van der Waals surface area contributed by atoms with Gasteiger partial charge >= 0.3 is 0 Å². The maximum Gasteiger partial charge on any atom is 0.157 e. The van der Waals surface area contributed by atoms with Gasteiger partial charge in [0.15, 0.2) is 6.29 Å². The highest BCUT2D eigenvalue weighted by Gasteiger charge is 2.33. The first-order valence-electron chi connectivity index (χ1n) is 6.53. The van der Waals surface area contributed by atoms with Crippen molar-refractivity contribution in [2.75, 3.05) is 0 Å². The van der Waals surface area contributed by atoms with E-state index in [0.29, 0.717) is 0 Å². The minimum absolute atomic E-state index is 0.0894. The van der Waals surface area contributed by atoms with Crippen molar-refractivity contribution in [3.63, 3.8) is 0 Å². The van der Waals surface area contributed by atoms with Crippen LogP contribution in [0.15, 0.2) is 24.3 Å². The second-order valence-electron chi connectivity index (χ2n) is 6.79. The first-order valence-corrected chi connectivity index (χ1v) is 6.53. The zero-order chi connectivity index (χ0) is 14.1. The third-order valence-corrected chi connectivity index (χ3v) is 4.06. The summed E-state index contributed by atoms with van der Waals surface area (Å²) in [4.78, 5) is 0. The van der Waals surface area contributed by atoms with Gasteiger partial charge in [-0.15, -0.1) is 0 Å². The predicted octanol–water partition coefficient (Wildman–Crippen LogP) is 3.42. The Morgan fingerprint density at radius 2 is 1.33 bits per heavy atom. The first-order chi connectivity index (χ1) is 8.06. The summed E-state index contributed by atoms with van der Waals surface area (Å²) < 4.78 is 0. The van der Waals surface area contributed by atoms with Gasteiger partial charge in [0.2, 0.25) is 0 Å². The molecule has 0 heterocycles. The molecule has 0 radical (unpaired) electrons. The number of aliphatic hydroxyl groups excluding tert-OH is 1. The second-order valence-corrected chi connectivity index (χ2v) is 6.79. The molecule has 0 aliphatic carbocycles. The fourth-order valence-electron chi connectivity index (χ4n) is 1.92. The molecule has 0 bridgehead atoms. The van der Waals surface area contributed by atoms with Crippen molar-refractivity contribution in [2.24, 2.45) is 5.41 Å². The summed E-state index contributed by atoms with van der Waals surface area (Å²) in [5.41, 5.74) is 2.03. The van der Waals surface area contributed by atoms with Gasteiger partial charge in [-0.2, -0.15) is 0 Å². The third kappa shape index (κ3) is 3.12. The molecule has 1 rings (SSSR count). The van der Waals surface area contributed by atoms with Gasteiger partial charge < -0.3 is 10.2 Å². The molecule has 2 N–H and O–H groups in total. The lowest BCUT2D eigenvalue weighted by Gasteiger charge is -2.34. The molecular weight excluding hydrogens is 224 g/mol. The van der Waals surface area contributed by atoms with Gasteiger partial charge in [0, 0.05) is 5.41 Å².